The largest absolute Gasteiger partial charge is 0.399 e. The zero-order chi connectivity index (χ0) is 25.2. The molecule has 6 rings (SSSR count). The van der Waals surface area contributed by atoms with E-state index in [0.717, 1.165) is 19.3 Å². The number of hydrogen-bond acceptors (Lipinski definition) is 5. The van der Waals surface area contributed by atoms with Gasteiger partial charge in [0, 0.05) is 29.3 Å². The van der Waals surface area contributed by atoms with E-state index < -0.39 is 21.7 Å². The summed E-state index contributed by atoms with van der Waals surface area (Å²) in [5.74, 6) is -1.48. The summed E-state index contributed by atoms with van der Waals surface area (Å²) in [6.07, 6.45) is 7.21. The minimum Gasteiger partial charge on any atom is -0.399 e. The van der Waals surface area contributed by atoms with Crippen LogP contribution in [0.1, 0.15) is 54.6 Å². The Morgan fingerprint density at radius 3 is 2.39 bits per heavy atom. The van der Waals surface area contributed by atoms with Crippen LogP contribution in [0.4, 0.5) is 5.69 Å². The number of rotatable bonds is 3. The van der Waals surface area contributed by atoms with Crippen LogP contribution in [-0.4, -0.2) is 24.0 Å². The number of carbonyl (C=O) groups is 2. The van der Waals surface area contributed by atoms with Crippen molar-refractivity contribution >= 4 is 27.3 Å². The van der Waals surface area contributed by atoms with Gasteiger partial charge in [0.25, 0.3) is 10.0 Å². The third-order valence-corrected chi connectivity index (χ3v) is 9.95. The van der Waals surface area contributed by atoms with Gasteiger partial charge in [-0.05, 0) is 60.9 Å². The number of hydrogen-bond donors (Lipinski definition) is 1. The van der Waals surface area contributed by atoms with Gasteiger partial charge in [0.2, 0.25) is 11.6 Å². The highest BCUT2D eigenvalue weighted by molar-refractivity contribution is 7.90. The first-order valence-corrected chi connectivity index (χ1v) is 13.9. The molecule has 0 spiro atoms. The van der Waals surface area contributed by atoms with Crippen molar-refractivity contribution in [1.29, 1.82) is 0 Å². The van der Waals surface area contributed by atoms with Gasteiger partial charge < -0.3 is 5.73 Å². The number of nitrogen functional groups attached to an aromatic ring is 1. The summed E-state index contributed by atoms with van der Waals surface area (Å²) in [5.41, 5.74) is 9.38. The van der Waals surface area contributed by atoms with Crippen molar-refractivity contribution in [1.82, 2.24) is 3.97 Å². The Morgan fingerprint density at radius 1 is 0.944 bits per heavy atom. The lowest BCUT2D eigenvalue weighted by Gasteiger charge is -2.44. The summed E-state index contributed by atoms with van der Waals surface area (Å²) in [4.78, 5) is 27.5. The van der Waals surface area contributed by atoms with Gasteiger partial charge in [-0.25, -0.2) is 12.4 Å². The molecule has 2 N–H and O–H groups in total. The molecule has 0 aliphatic heterocycles. The fourth-order valence-electron chi connectivity index (χ4n) is 6.57. The Morgan fingerprint density at radius 2 is 1.67 bits per heavy atom. The minimum absolute atomic E-state index is 0.0140. The molecule has 1 aromatic heterocycles. The average Bonchev–Trinajstić information content (AvgIpc) is 3.30. The van der Waals surface area contributed by atoms with Gasteiger partial charge >= 0.3 is 0 Å². The number of Topliss-reactive ketones (excluding diaryl/α,β-unsaturated/α-hetero) is 2. The number of benzene rings is 2. The average molecular weight is 501 g/mol. The molecule has 6 nitrogen and oxygen atoms in total. The number of fused-ring (bicyclic) bond motifs is 5. The third-order valence-electron chi connectivity index (χ3n) is 8.26. The van der Waals surface area contributed by atoms with Crippen LogP contribution >= 0.6 is 0 Å². The Labute approximate surface area is 210 Å². The molecule has 1 fully saturated rings. The minimum atomic E-state index is -4.04. The molecule has 0 bridgehead atoms. The first-order valence-electron chi connectivity index (χ1n) is 12.5. The molecule has 7 heteroatoms. The van der Waals surface area contributed by atoms with Gasteiger partial charge in [0.05, 0.1) is 16.2 Å². The number of nitrogens with zero attached hydrogens (tertiary/aromatic N) is 1. The topological polar surface area (TPSA) is 99.2 Å². The van der Waals surface area contributed by atoms with Crippen LogP contribution in [0.15, 0.2) is 77.3 Å². The highest BCUT2D eigenvalue weighted by Gasteiger charge is 2.51. The summed E-state index contributed by atoms with van der Waals surface area (Å²) in [5, 5.41) is 0. The molecule has 184 valence electrons. The molecule has 1 heterocycles. The molecule has 36 heavy (non-hydrogen) atoms. The fraction of sp³-hybridized carbons (Fsp3) is 0.310. The van der Waals surface area contributed by atoms with Crippen molar-refractivity contribution < 1.29 is 18.0 Å². The van der Waals surface area contributed by atoms with E-state index in [-0.39, 0.29) is 28.1 Å². The predicted molar refractivity (Wildman–Crippen MR) is 138 cm³/mol. The first kappa shape index (κ1) is 23.0. The number of aromatic nitrogens is 1. The van der Waals surface area contributed by atoms with E-state index in [1.807, 2.05) is 30.3 Å². The quantitative estimate of drug-likeness (QED) is 0.303. The van der Waals surface area contributed by atoms with Crippen molar-refractivity contribution in [3.8, 4) is 11.1 Å². The third kappa shape index (κ3) is 3.33. The molecule has 2 aromatic carbocycles. The van der Waals surface area contributed by atoms with Gasteiger partial charge in [-0.15, -0.1) is 0 Å². The maximum Gasteiger partial charge on any atom is 0.267 e. The van der Waals surface area contributed by atoms with Crippen LogP contribution in [0, 0.1) is 17.8 Å². The van der Waals surface area contributed by atoms with Crippen molar-refractivity contribution in [2.75, 3.05) is 5.73 Å². The summed E-state index contributed by atoms with van der Waals surface area (Å²) in [6, 6.07) is 15.3. The van der Waals surface area contributed by atoms with Crippen molar-refractivity contribution in [2.24, 2.45) is 17.8 Å². The first-order chi connectivity index (χ1) is 17.3. The van der Waals surface area contributed by atoms with E-state index in [4.69, 9.17) is 5.73 Å². The molecule has 3 aromatic rings. The highest BCUT2D eigenvalue weighted by atomic mass is 32.2. The van der Waals surface area contributed by atoms with E-state index in [9.17, 15) is 18.0 Å². The van der Waals surface area contributed by atoms with E-state index in [1.54, 1.807) is 12.1 Å². The summed E-state index contributed by atoms with van der Waals surface area (Å²) < 4.78 is 29.2. The molecule has 1 saturated carbocycles. The molecule has 3 aliphatic carbocycles. The number of ketones is 2. The number of nitrogens with two attached hydrogens (primary N) is 1. The Bertz CT molecular complexity index is 1520. The maximum absolute atomic E-state index is 14.0. The maximum atomic E-state index is 14.0. The van der Waals surface area contributed by atoms with E-state index >= 15 is 0 Å². The van der Waals surface area contributed by atoms with Gasteiger partial charge in [0.15, 0.2) is 0 Å². The number of anilines is 1. The van der Waals surface area contributed by atoms with Gasteiger partial charge in [-0.3, -0.25) is 9.59 Å². The zero-order valence-electron chi connectivity index (χ0n) is 20.1. The molecule has 4 atom stereocenters. The normalized spacial score (nSPS) is 25.5. The second kappa shape index (κ2) is 8.30. The SMILES string of the molecule is CC1CCCC2C1=CCC1c3c(c(-c4ccccc4)cn3S(=O)(=O)c3ccc(N)cc3)C(=O)C(=O)C21. The summed E-state index contributed by atoms with van der Waals surface area (Å²) in [6.45, 7) is 2.18. The van der Waals surface area contributed by atoms with Crippen LogP contribution < -0.4 is 5.73 Å². The van der Waals surface area contributed by atoms with E-state index in [2.05, 4.69) is 13.0 Å². The van der Waals surface area contributed by atoms with Crippen molar-refractivity contribution in [2.45, 2.75) is 43.4 Å². The zero-order valence-corrected chi connectivity index (χ0v) is 20.9. The lowest BCUT2D eigenvalue weighted by atomic mass is 9.59. The van der Waals surface area contributed by atoms with Crippen LogP contribution in [0.5, 0.6) is 0 Å². The molecular formula is C29H28N2O4S. The monoisotopic (exact) mass is 500 g/mol. The molecular weight excluding hydrogens is 472 g/mol. The van der Waals surface area contributed by atoms with Crippen molar-refractivity contribution in [3.05, 3.63) is 83.7 Å². The van der Waals surface area contributed by atoms with Gasteiger partial charge in [-0.2, -0.15) is 0 Å². The standard InChI is InChI=1S/C29H28N2O4S/c1-17-6-5-9-22-21(17)14-15-23-25(22)28(32)29(33)26-24(18-7-3-2-4-8-18)16-31(27(23)26)36(34,35)20-12-10-19(30)11-13-20/h2-4,7-8,10-14,16-17,22-23,25H,5-6,9,15,30H2,1H3. The number of carbonyl (C=O) groups excluding carboxylic acids is 2. The fourth-order valence-corrected chi connectivity index (χ4v) is 8.01. The van der Waals surface area contributed by atoms with Gasteiger partial charge in [0.1, 0.15) is 0 Å². The summed E-state index contributed by atoms with van der Waals surface area (Å²) in [7, 11) is -4.04. The lowest BCUT2D eigenvalue weighted by Crippen LogP contribution is -2.44. The van der Waals surface area contributed by atoms with Crippen molar-refractivity contribution in [3.63, 3.8) is 0 Å². The molecule has 0 radical (unpaired) electrons. The van der Waals surface area contributed by atoms with E-state index in [1.165, 1.54) is 27.9 Å². The molecule has 0 saturated heterocycles. The van der Waals surface area contributed by atoms with Gasteiger partial charge in [-0.1, -0.05) is 55.3 Å². The molecule has 0 amide bonds. The Hall–Kier alpha value is -3.45. The van der Waals surface area contributed by atoms with Crippen LogP contribution in [0.3, 0.4) is 0 Å². The van der Waals surface area contributed by atoms with Crippen LogP contribution in [0.25, 0.3) is 11.1 Å². The highest BCUT2D eigenvalue weighted by Crippen LogP contribution is 2.53. The smallest absolute Gasteiger partial charge is 0.267 e. The van der Waals surface area contributed by atoms with Crippen LogP contribution in [-0.2, 0) is 14.8 Å². The van der Waals surface area contributed by atoms with Crippen LogP contribution in [0.2, 0.25) is 0 Å². The summed E-state index contributed by atoms with van der Waals surface area (Å²) >= 11 is 0. The van der Waals surface area contributed by atoms with E-state index in [0.29, 0.717) is 34.8 Å². The predicted octanol–water partition coefficient (Wildman–Crippen LogP) is 5.21. The lowest BCUT2D eigenvalue weighted by molar-refractivity contribution is -0.121. The molecule has 3 aliphatic rings. The second-order valence-corrected chi connectivity index (χ2v) is 12.1. The molecule has 4 unspecified atom stereocenters. The Kier molecular flexibility index (Phi) is 5.30. The Balaban J connectivity index is 1.62. The second-order valence-electron chi connectivity index (χ2n) is 10.2. The number of allylic oxidation sites excluding steroid dienone is 2.